The Hall–Kier alpha value is -1.82. The number of hydrogen-bond donors (Lipinski definition) is 1. The number of benzene rings is 1. The van der Waals surface area contributed by atoms with Gasteiger partial charge in [0.1, 0.15) is 5.75 Å². The Morgan fingerprint density at radius 3 is 0.642 bits per heavy atom. The smallest absolute Gasteiger partial charge is 0.119 e. The minimum Gasteiger partial charge on any atom is -0.494 e. The molecule has 0 unspecified atom stereocenters. The molecule has 0 aliphatic carbocycles. The molecule has 0 spiro atoms. The summed E-state index contributed by atoms with van der Waals surface area (Å²) in [5.41, 5.74) is 1.12. The lowest BCUT2D eigenvalue weighted by atomic mass is 10.1. The van der Waals surface area contributed by atoms with Crippen molar-refractivity contribution in [2.45, 2.75) is 77.7 Å². The Bertz CT molecular complexity index is 1280. The summed E-state index contributed by atoms with van der Waals surface area (Å²) in [5, 5.41) is 8.61. The highest BCUT2D eigenvalue weighted by atomic mass is 16.6. The van der Waals surface area contributed by atoms with Crippen LogP contribution in [0.25, 0.3) is 0 Å². The molecule has 0 saturated heterocycles. The molecule has 1 rings (SSSR count). The number of hydrogen-bond acceptors (Lipinski definition) is 22. The highest BCUT2D eigenvalue weighted by Gasteiger charge is 2.02. The maximum absolute atomic E-state index is 8.61. The van der Waals surface area contributed by atoms with Crippen LogP contribution in [0.1, 0.15) is 76.7 Å². The van der Waals surface area contributed by atoms with Crippen molar-refractivity contribution < 1.29 is 105 Å². The summed E-state index contributed by atoms with van der Waals surface area (Å²) in [6.07, 6.45) is 13.3. The summed E-state index contributed by atoms with van der Waals surface area (Å²) in [4.78, 5) is 0. The summed E-state index contributed by atoms with van der Waals surface area (Å²) in [6, 6.07) is 8.17. The van der Waals surface area contributed by atoms with Crippen molar-refractivity contribution in [3.63, 3.8) is 0 Å². The van der Waals surface area contributed by atoms with E-state index in [1.165, 1.54) is 57.8 Å². The van der Waals surface area contributed by atoms with E-state index < -0.39 is 0 Å². The van der Waals surface area contributed by atoms with Crippen molar-refractivity contribution in [3.8, 4) is 5.75 Å². The Kier molecular flexibility index (Phi) is 67.3. The van der Waals surface area contributed by atoms with Crippen LogP contribution < -0.4 is 4.74 Å². The van der Waals surface area contributed by atoms with Crippen molar-refractivity contribution >= 4 is 0 Å². The van der Waals surface area contributed by atoms with E-state index in [1.54, 1.807) is 0 Å². The van der Waals surface area contributed by atoms with E-state index in [-0.39, 0.29) is 6.61 Å². The molecule has 0 fully saturated rings. The van der Waals surface area contributed by atoms with Crippen LogP contribution in [0.3, 0.4) is 0 Å². The Morgan fingerprint density at radius 2 is 0.420 bits per heavy atom. The van der Waals surface area contributed by atoms with Crippen LogP contribution >= 0.6 is 0 Å². The number of aliphatic hydroxyl groups excluding tert-OH is 1. The molecule has 0 radical (unpaired) electrons. The molecule has 0 heterocycles. The molecule has 81 heavy (non-hydrogen) atoms. The predicted octanol–water partition coefficient (Wildman–Crippen LogP) is 5.81. The van der Waals surface area contributed by atoms with Gasteiger partial charge in [0.2, 0.25) is 0 Å². The van der Waals surface area contributed by atoms with E-state index in [4.69, 9.17) is 105 Å². The van der Waals surface area contributed by atoms with Gasteiger partial charge in [-0.3, -0.25) is 0 Å². The quantitative estimate of drug-likeness (QED) is 0.0762. The molecule has 0 aliphatic rings. The second-order valence-electron chi connectivity index (χ2n) is 18.1. The largest absolute Gasteiger partial charge is 0.494 e. The summed E-state index contributed by atoms with van der Waals surface area (Å²) in [6.45, 7) is 22.7. The van der Waals surface area contributed by atoms with Crippen LogP contribution in [0, 0.1) is 0 Å². The van der Waals surface area contributed by atoms with Crippen LogP contribution in [0.2, 0.25) is 0 Å². The van der Waals surface area contributed by atoms with Crippen LogP contribution in [-0.4, -0.2) is 276 Å². The lowest BCUT2D eigenvalue weighted by Gasteiger charge is -2.09. The van der Waals surface area contributed by atoms with E-state index in [0.29, 0.717) is 264 Å². The van der Waals surface area contributed by atoms with Crippen LogP contribution in [0.15, 0.2) is 24.3 Å². The van der Waals surface area contributed by atoms with E-state index in [9.17, 15) is 0 Å². The Balaban J connectivity index is 1.63. The maximum Gasteiger partial charge on any atom is 0.119 e. The zero-order chi connectivity index (χ0) is 57.6. The number of rotatable bonds is 73. The van der Waals surface area contributed by atoms with E-state index >= 15 is 0 Å². The third kappa shape index (κ3) is 65.6. The van der Waals surface area contributed by atoms with Crippen molar-refractivity contribution in [2.75, 3.05) is 271 Å². The molecule has 0 bridgehead atoms. The summed E-state index contributed by atoms with van der Waals surface area (Å²) < 4.78 is 116. The highest BCUT2D eigenvalue weighted by Crippen LogP contribution is 2.15. The van der Waals surface area contributed by atoms with Gasteiger partial charge in [0.15, 0.2) is 0 Å². The third-order valence-electron chi connectivity index (χ3n) is 11.3. The summed E-state index contributed by atoms with van der Waals surface area (Å²) in [5.74, 6) is 0.920. The first kappa shape index (κ1) is 77.2. The molecular formula is C59H112O22. The topological polar surface area (TPSA) is 214 Å². The molecule has 480 valence electrons. The van der Waals surface area contributed by atoms with E-state index in [0.717, 1.165) is 24.3 Å². The number of unbranched alkanes of at least 4 members (excludes halogenated alkanes) is 9. The lowest BCUT2D eigenvalue weighted by Crippen LogP contribution is -2.16. The van der Waals surface area contributed by atoms with Crippen LogP contribution in [-0.2, 0) is 101 Å². The Labute approximate surface area is 487 Å². The van der Waals surface area contributed by atoms with Gasteiger partial charge < -0.3 is 105 Å². The predicted molar refractivity (Wildman–Crippen MR) is 306 cm³/mol. The maximum atomic E-state index is 8.61. The first-order chi connectivity index (χ1) is 40.4. The van der Waals surface area contributed by atoms with Gasteiger partial charge in [-0.15, -0.1) is 0 Å². The third-order valence-corrected chi connectivity index (χ3v) is 11.3. The highest BCUT2D eigenvalue weighted by molar-refractivity contribution is 5.26. The van der Waals surface area contributed by atoms with E-state index in [2.05, 4.69) is 19.1 Å². The van der Waals surface area contributed by atoms with Crippen molar-refractivity contribution in [3.05, 3.63) is 29.8 Å². The molecule has 22 nitrogen and oxygen atoms in total. The normalized spacial score (nSPS) is 11.7. The van der Waals surface area contributed by atoms with Crippen molar-refractivity contribution in [1.29, 1.82) is 0 Å². The molecule has 0 saturated carbocycles. The molecule has 1 N–H and O–H groups in total. The summed E-state index contributed by atoms with van der Waals surface area (Å²) in [7, 11) is 0. The van der Waals surface area contributed by atoms with Gasteiger partial charge in [-0.05, 0) is 24.1 Å². The molecule has 0 aromatic heterocycles. The van der Waals surface area contributed by atoms with E-state index in [1.807, 2.05) is 12.1 Å². The SMILES string of the molecule is CCCCCCCCCCCCOc1ccc(COCCOCCOCCOCCOCCOCCOCCOCCOCCOCCOCCOCCOCCOCCOCCOCCOCCOCCOCCOCCO)cc1. The number of aliphatic hydroxyl groups is 1. The van der Waals surface area contributed by atoms with Crippen LogP contribution in [0.5, 0.6) is 5.75 Å². The lowest BCUT2D eigenvalue weighted by molar-refractivity contribution is -0.0315. The van der Waals surface area contributed by atoms with Crippen molar-refractivity contribution in [2.24, 2.45) is 0 Å². The van der Waals surface area contributed by atoms with Gasteiger partial charge in [0, 0.05) is 0 Å². The molecule has 1 aromatic rings. The first-order valence-corrected chi connectivity index (χ1v) is 30.2. The fourth-order valence-electron chi connectivity index (χ4n) is 6.89. The molecule has 0 aliphatic heterocycles. The molecular weight excluding hydrogens is 1060 g/mol. The van der Waals surface area contributed by atoms with Gasteiger partial charge in [0.25, 0.3) is 0 Å². The average molecular weight is 1170 g/mol. The van der Waals surface area contributed by atoms with Gasteiger partial charge in [-0.25, -0.2) is 0 Å². The molecule has 1 aromatic carbocycles. The first-order valence-electron chi connectivity index (χ1n) is 30.2. The summed E-state index contributed by atoms with van der Waals surface area (Å²) >= 11 is 0. The van der Waals surface area contributed by atoms with Crippen molar-refractivity contribution in [1.82, 2.24) is 0 Å². The minimum absolute atomic E-state index is 0.0192. The fraction of sp³-hybridized carbons (Fsp3) is 0.898. The molecule has 22 heteroatoms. The zero-order valence-corrected chi connectivity index (χ0v) is 50.1. The van der Waals surface area contributed by atoms with Gasteiger partial charge >= 0.3 is 0 Å². The second kappa shape index (κ2) is 70.7. The fourth-order valence-corrected chi connectivity index (χ4v) is 6.89. The molecule has 0 atom stereocenters. The standard InChI is InChI=1S/C59H112O22/c1-2-3-4-5-6-7-8-9-10-11-17-81-59-14-12-58(13-15-59)57-80-56-55-79-54-53-78-52-51-77-50-49-76-48-47-75-46-45-74-44-43-73-42-41-72-40-39-71-38-37-70-36-35-69-34-33-68-32-31-67-30-29-66-28-27-65-26-25-64-24-23-63-22-21-62-20-19-61-18-16-60/h12-15,60H,2-11,16-57H2,1H3. The van der Waals surface area contributed by atoms with Gasteiger partial charge in [-0.1, -0.05) is 76.8 Å². The number of ether oxygens (including phenoxy) is 21. The second-order valence-corrected chi connectivity index (χ2v) is 18.1. The van der Waals surface area contributed by atoms with Crippen LogP contribution in [0.4, 0.5) is 0 Å². The van der Waals surface area contributed by atoms with Gasteiger partial charge in [0.05, 0.1) is 277 Å². The average Bonchev–Trinajstić information content (AvgIpc) is 3.48. The zero-order valence-electron chi connectivity index (χ0n) is 50.1. The Morgan fingerprint density at radius 1 is 0.222 bits per heavy atom. The minimum atomic E-state index is 0.0192. The molecule has 0 amide bonds. The van der Waals surface area contributed by atoms with Gasteiger partial charge in [-0.2, -0.15) is 0 Å². The monoisotopic (exact) mass is 1170 g/mol.